The molecule has 0 bridgehead atoms. The van der Waals surface area contributed by atoms with Gasteiger partial charge in [0, 0.05) is 47.7 Å². The van der Waals surface area contributed by atoms with Crippen molar-refractivity contribution in [1.29, 1.82) is 0 Å². The highest BCUT2D eigenvalue weighted by atomic mass is 35.5. The molecule has 32 heavy (non-hydrogen) atoms. The second-order valence-corrected chi connectivity index (χ2v) is 8.51. The van der Waals surface area contributed by atoms with E-state index in [4.69, 9.17) is 16.7 Å². The first-order chi connectivity index (χ1) is 15.6. The highest BCUT2D eigenvalue weighted by Crippen LogP contribution is 2.37. The summed E-state index contributed by atoms with van der Waals surface area (Å²) in [6, 6.07) is 8.36. The van der Waals surface area contributed by atoms with Crippen molar-refractivity contribution < 1.29 is 9.18 Å². The highest BCUT2D eigenvalue weighted by Gasteiger charge is 2.28. The van der Waals surface area contributed by atoms with E-state index in [9.17, 15) is 9.18 Å². The van der Waals surface area contributed by atoms with Gasteiger partial charge in [-0.15, -0.1) is 0 Å². The number of halogens is 2. The summed E-state index contributed by atoms with van der Waals surface area (Å²) >= 11 is 5.96. The standard InChI is InChI=1S/C24H23ClFN5O/c25-18-4-5-19(20(26)15-18)24-23(17-6-8-27-9-7-17)21-16-30(13-14-31(21)28-24)22(32)3-1-10-29-11-2-12-29/h1,3-9,15H,2,10-14,16H2/b3-1+. The predicted octanol–water partition coefficient (Wildman–Crippen LogP) is 4.01. The van der Waals surface area contributed by atoms with E-state index in [2.05, 4.69) is 9.88 Å². The van der Waals surface area contributed by atoms with Crippen LogP contribution in [0.1, 0.15) is 12.1 Å². The Kier molecular flexibility index (Phi) is 5.76. The smallest absolute Gasteiger partial charge is 0.246 e. The molecule has 2 aliphatic rings. The Morgan fingerprint density at radius 2 is 1.94 bits per heavy atom. The third-order valence-corrected chi connectivity index (χ3v) is 6.25. The van der Waals surface area contributed by atoms with Gasteiger partial charge in [-0.3, -0.25) is 19.4 Å². The van der Waals surface area contributed by atoms with Gasteiger partial charge in [-0.05, 0) is 55.4 Å². The normalized spacial score (nSPS) is 16.2. The zero-order valence-corrected chi connectivity index (χ0v) is 18.3. The maximum atomic E-state index is 14.8. The number of rotatable bonds is 5. The number of hydrogen-bond donors (Lipinski definition) is 0. The Balaban J connectivity index is 1.49. The van der Waals surface area contributed by atoms with Gasteiger partial charge >= 0.3 is 0 Å². The Bertz CT molecular complexity index is 1170. The van der Waals surface area contributed by atoms with E-state index in [-0.39, 0.29) is 5.91 Å². The zero-order valence-electron chi connectivity index (χ0n) is 17.5. The predicted molar refractivity (Wildman–Crippen MR) is 121 cm³/mol. The van der Waals surface area contributed by atoms with Crippen LogP contribution in [0, 0.1) is 5.82 Å². The van der Waals surface area contributed by atoms with Crippen LogP contribution in [0.3, 0.4) is 0 Å². The average molecular weight is 452 g/mol. The van der Waals surface area contributed by atoms with Crippen LogP contribution < -0.4 is 0 Å². The molecule has 1 saturated heterocycles. The minimum atomic E-state index is -0.426. The number of amides is 1. The number of aromatic nitrogens is 3. The van der Waals surface area contributed by atoms with Crippen molar-refractivity contribution in [2.75, 3.05) is 26.2 Å². The van der Waals surface area contributed by atoms with Crippen LogP contribution in [-0.2, 0) is 17.9 Å². The first kappa shape index (κ1) is 20.8. The lowest BCUT2D eigenvalue weighted by molar-refractivity contribution is -0.127. The summed E-state index contributed by atoms with van der Waals surface area (Å²) in [5, 5.41) is 5.07. The van der Waals surface area contributed by atoms with Crippen molar-refractivity contribution >= 4 is 17.5 Å². The number of carbonyl (C=O) groups is 1. The van der Waals surface area contributed by atoms with E-state index in [0.717, 1.165) is 36.5 Å². The SMILES string of the molecule is O=C(/C=C/CN1CCC1)N1CCn2nc(-c3ccc(Cl)cc3F)c(-c3ccncc3)c2C1. The number of hydrogen-bond acceptors (Lipinski definition) is 4. The van der Waals surface area contributed by atoms with Gasteiger partial charge < -0.3 is 4.90 Å². The van der Waals surface area contributed by atoms with E-state index in [0.29, 0.717) is 35.9 Å². The quantitative estimate of drug-likeness (QED) is 0.550. The van der Waals surface area contributed by atoms with Gasteiger partial charge in [0.2, 0.25) is 5.91 Å². The van der Waals surface area contributed by atoms with Gasteiger partial charge in [0.05, 0.1) is 18.8 Å². The monoisotopic (exact) mass is 451 g/mol. The number of nitrogens with zero attached hydrogens (tertiary/aromatic N) is 5. The number of likely N-dealkylation sites (tertiary alicyclic amines) is 1. The third kappa shape index (κ3) is 4.06. The average Bonchev–Trinajstić information content (AvgIpc) is 3.14. The van der Waals surface area contributed by atoms with Crippen LogP contribution in [0.5, 0.6) is 0 Å². The molecular formula is C24H23ClFN5O. The second kappa shape index (κ2) is 8.84. The molecule has 8 heteroatoms. The summed E-state index contributed by atoms with van der Waals surface area (Å²) < 4.78 is 16.7. The Morgan fingerprint density at radius 1 is 1.12 bits per heavy atom. The lowest BCUT2D eigenvalue weighted by atomic mass is 9.98. The molecule has 1 fully saturated rings. The first-order valence-electron chi connectivity index (χ1n) is 10.7. The summed E-state index contributed by atoms with van der Waals surface area (Å²) in [6.07, 6.45) is 8.23. The van der Waals surface area contributed by atoms with Crippen LogP contribution in [-0.4, -0.2) is 56.7 Å². The number of benzene rings is 1. The van der Waals surface area contributed by atoms with E-state index in [1.165, 1.54) is 12.5 Å². The van der Waals surface area contributed by atoms with E-state index in [1.54, 1.807) is 30.6 Å². The van der Waals surface area contributed by atoms with Crippen LogP contribution >= 0.6 is 11.6 Å². The molecule has 6 nitrogen and oxygen atoms in total. The minimum absolute atomic E-state index is 0.0159. The maximum Gasteiger partial charge on any atom is 0.246 e. The van der Waals surface area contributed by atoms with Gasteiger partial charge in [0.25, 0.3) is 0 Å². The van der Waals surface area contributed by atoms with E-state index < -0.39 is 5.82 Å². The van der Waals surface area contributed by atoms with Crippen molar-refractivity contribution in [2.45, 2.75) is 19.5 Å². The molecular weight excluding hydrogens is 429 g/mol. The van der Waals surface area contributed by atoms with Gasteiger partial charge in [-0.2, -0.15) is 5.10 Å². The Morgan fingerprint density at radius 3 is 2.66 bits per heavy atom. The molecule has 2 aromatic heterocycles. The Labute approximate surface area is 190 Å². The molecule has 0 aliphatic carbocycles. The van der Waals surface area contributed by atoms with Crippen molar-refractivity contribution in [3.63, 3.8) is 0 Å². The summed E-state index contributed by atoms with van der Waals surface area (Å²) in [5.41, 5.74) is 3.51. The molecule has 164 valence electrons. The fourth-order valence-electron chi connectivity index (χ4n) is 4.17. The van der Waals surface area contributed by atoms with Crippen molar-refractivity contribution in [3.8, 4) is 22.4 Å². The lowest BCUT2D eigenvalue weighted by Gasteiger charge is -2.29. The Hall–Kier alpha value is -3.03. The molecule has 0 saturated carbocycles. The first-order valence-corrected chi connectivity index (χ1v) is 11.1. The zero-order chi connectivity index (χ0) is 22.1. The molecule has 3 aromatic rings. The molecule has 0 radical (unpaired) electrons. The fourth-order valence-corrected chi connectivity index (χ4v) is 4.33. The summed E-state index contributed by atoms with van der Waals surface area (Å²) in [5.74, 6) is -0.442. The van der Waals surface area contributed by atoms with Crippen molar-refractivity contribution in [1.82, 2.24) is 24.6 Å². The van der Waals surface area contributed by atoms with Gasteiger partial charge in [0.1, 0.15) is 11.5 Å². The summed E-state index contributed by atoms with van der Waals surface area (Å²) in [4.78, 5) is 21.0. The number of fused-ring (bicyclic) bond motifs is 1. The van der Waals surface area contributed by atoms with E-state index in [1.807, 2.05) is 27.8 Å². The van der Waals surface area contributed by atoms with Crippen molar-refractivity contribution in [3.05, 3.63) is 71.4 Å². The lowest BCUT2D eigenvalue weighted by Crippen LogP contribution is -2.38. The van der Waals surface area contributed by atoms with Crippen molar-refractivity contribution in [2.24, 2.45) is 0 Å². The van der Waals surface area contributed by atoms with Crippen LogP contribution in [0.15, 0.2) is 54.9 Å². The van der Waals surface area contributed by atoms with E-state index >= 15 is 0 Å². The largest absolute Gasteiger partial charge is 0.331 e. The minimum Gasteiger partial charge on any atom is -0.331 e. The van der Waals surface area contributed by atoms with Crippen LogP contribution in [0.4, 0.5) is 4.39 Å². The molecule has 0 N–H and O–H groups in total. The summed E-state index contributed by atoms with van der Waals surface area (Å²) in [7, 11) is 0. The highest BCUT2D eigenvalue weighted by molar-refractivity contribution is 6.30. The molecule has 0 spiro atoms. The maximum absolute atomic E-state index is 14.8. The van der Waals surface area contributed by atoms with Gasteiger partial charge in [-0.25, -0.2) is 4.39 Å². The van der Waals surface area contributed by atoms with Gasteiger partial charge in [-0.1, -0.05) is 17.7 Å². The number of carbonyl (C=O) groups excluding carboxylic acids is 1. The molecule has 1 aromatic carbocycles. The summed E-state index contributed by atoms with van der Waals surface area (Å²) in [6.45, 7) is 4.52. The van der Waals surface area contributed by atoms with Crippen LogP contribution in [0.25, 0.3) is 22.4 Å². The topological polar surface area (TPSA) is 54.3 Å². The third-order valence-electron chi connectivity index (χ3n) is 6.02. The number of pyridine rings is 1. The molecule has 1 amide bonds. The fraction of sp³-hybridized carbons (Fsp3) is 0.292. The van der Waals surface area contributed by atoms with Crippen LogP contribution in [0.2, 0.25) is 5.02 Å². The molecule has 2 aliphatic heterocycles. The second-order valence-electron chi connectivity index (χ2n) is 8.07. The molecule has 4 heterocycles. The van der Waals surface area contributed by atoms with Gasteiger partial charge in [0.15, 0.2) is 0 Å². The molecule has 0 unspecified atom stereocenters. The molecule has 0 atom stereocenters. The molecule has 5 rings (SSSR count).